The van der Waals surface area contributed by atoms with Crippen LogP contribution in [0.3, 0.4) is 0 Å². The molecule has 2 rings (SSSR count). The van der Waals surface area contributed by atoms with Gasteiger partial charge in [-0.05, 0) is 47.7 Å². The van der Waals surface area contributed by atoms with Crippen molar-refractivity contribution in [3.05, 3.63) is 53.6 Å². The number of carbonyl (C=O) groups excluding carboxylic acids is 1. The van der Waals surface area contributed by atoms with E-state index in [4.69, 9.17) is 0 Å². The molecule has 0 fully saturated rings. The second-order valence-corrected chi connectivity index (χ2v) is 5.57. The zero-order valence-corrected chi connectivity index (χ0v) is 13.4. The van der Waals surface area contributed by atoms with Gasteiger partial charge in [0, 0.05) is 5.56 Å². The summed E-state index contributed by atoms with van der Waals surface area (Å²) in [5, 5.41) is 0. The summed E-state index contributed by atoms with van der Waals surface area (Å²) in [5.41, 5.74) is 2.74. The summed E-state index contributed by atoms with van der Waals surface area (Å²) >= 11 is 0. The number of halogens is 3. The van der Waals surface area contributed by atoms with Crippen molar-refractivity contribution in [2.24, 2.45) is 0 Å². The van der Waals surface area contributed by atoms with Crippen molar-refractivity contribution in [2.75, 3.05) is 0 Å². The molecule has 0 aliphatic carbocycles. The van der Waals surface area contributed by atoms with Crippen LogP contribution in [0, 0.1) is 0 Å². The predicted octanol–water partition coefficient (Wildman–Crippen LogP) is 5.80. The molecule has 0 radical (unpaired) electrons. The van der Waals surface area contributed by atoms with Crippen LogP contribution >= 0.6 is 0 Å². The standard InChI is InChI=1S/C19H19F3O2/c1-2-3-4-5-14-6-8-15(9-7-14)18-11-10-17(12-16(18)13-23)24-19(20,21)22/h6-13H,2-5H2,1H3. The van der Waals surface area contributed by atoms with Crippen molar-refractivity contribution in [1.29, 1.82) is 0 Å². The van der Waals surface area contributed by atoms with Crippen molar-refractivity contribution in [3.8, 4) is 16.9 Å². The van der Waals surface area contributed by atoms with Gasteiger partial charge < -0.3 is 4.74 Å². The van der Waals surface area contributed by atoms with Gasteiger partial charge in [0.1, 0.15) is 5.75 Å². The van der Waals surface area contributed by atoms with Crippen LogP contribution in [0.15, 0.2) is 42.5 Å². The number of rotatable bonds is 7. The zero-order chi connectivity index (χ0) is 17.6. The lowest BCUT2D eigenvalue weighted by Crippen LogP contribution is -2.17. The summed E-state index contributed by atoms with van der Waals surface area (Å²) in [6, 6.07) is 11.5. The van der Waals surface area contributed by atoms with Crippen molar-refractivity contribution < 1.29 is 22.7 Å². The van der Waals surface area contributed by atoms with E-state index in [1.54, 1.807) is 0 Å². The average molecular weight is 336 g/mol. The first-order valence-electron chi connectivity index (χ1n) is 7.87. The molecule has 0 aliphatic rings. The van der Waals surface area contributed by atoms with Gasteiger partial charge in [-0.3, -0.25) is 4.79 Å². The van der Waals surface area contributed by atoms with Gasteiger partial charge in [-0.25, -0.2) is 0 Å². The maximum Gasteiger partial charge on any atom is 0.573 e. The molecule has 0 heterocycles. The van der Waals surface area contributed by atoms with Crippen LogP contribution in [0.1, 0.15) is 42.1 Å². The van der Waals surface area contributed by atoms with Gasteiger partial charge in [0.05, 0.1) is 0 Å². The molecule has 2 nitrogen and oxygen atoms in total. The number of hydrogen-bond donors (Lipinski definition) is 0. The Kier molecular flexibility index (Phi) is 6.01. The predicted molar refractivity (Wildman–Crippen MR) is 87.2 cm³/mol. The molecule has 2 aromatic rings. The molecule has 2 aromatic carbocycles. The van der Waals surface area contributed by atoms with E-state index in [9.17, 15) is 18.0 Å². The van der Waals surface area contributed by atoms with Crippen LogP contribution in [0.25, 0.3) is 11.1 Å². The van der Waals surface area contributed by atoms with E-state index in [1.165, 1.54) is 24.1 Å². The highest BCUT2D eigenvalue weighted by Crippen LogP contribution is 2.29. The van der Waals surface area contributed by atoms with Crippen molar-refractivity contribution in [1.82, 2.24) is 0 Å². The molecular weight excluding hydrogens is 317 g/mol. The van der Waals surface area contributed by atoms with Gasteiger partial charge in [0.2, 0.25) is 0 Å². The fourth-order valence-electron chi connectivity index (χ4n) is 2.53. The normalized spacial score (nSPS) is 11.3. The van der Waals surface area contributed by atoms with Gasteiger partial charge in [-0.15, -0.1) is 13.2 Å². The van der Waals surface area contributed by atoms with Crippen LogP contribution in [-0.2, 0) is 6.42 Å². The van der Waals surface area contributed by atoms with Gasteiger partial charge in [-0.1, -0.05) is 44.0 Å². The van der Waals surface area contributed by atoms with Crippen LogP contribution in [0.4, 0.5) is 13.2 Å². The van der Waals surface area contributed by atoms with Crippen LogP contribution in [-0.4, -0.2) is 12.6 Å². The Morgan fingerprint density at radius 3 is 2.33 bits per heavy atom. The van der Waals surface area contributed by atoms with E-state index in [0.717, 1.165) is 30.9 Å². The Hall–Kier alpha value is -2.30. The summed E-state index contributed by atoms with van der Waals surface area (Å²) in [4.78, 5) is 11.2. The summed E-state index contributed by atoms with van der Waals surface area (Å²) < 4.78 is 40.6. The smallest absolute Gasteiger partial charge is 0.406 e. The number of benzene rings is 2. The molecule has 128 valence electrons. The fraction of sp³-hybridized carbons (Fsp3) is 0.316. The molecule has 0 N–H and O–H groups in total. The third-order valence-corrected chi connectivity index (χ3v) is 3.72. The maximum atomic E-state index is 12.3. The molecule has 24 heavy (non-hydrogen) atoms. The highest BCUT2D eigenvalue weighted by Gasteiger charge is 2.31. The lowest BCUT2D eigenvalue weighted by atomic mass is 9.98. The highest BCUT2D eigenvalue weighted by molar-refractivity contribution is 5.88. The molecule has 0 aliphatic heterocycles. The summed E-state index contributed by atoms with van der Waals surface area (Å²) in [6.07, 6.45) is 0.215. The van der Waals surface area contributed by atoms with Gasteiger partial charge >= 0.3 is 6.36 Å². The van der Waals surface area contributed by atoms with E-state index < -0.39 is 12.1 Å². The molecule has 5 heteroatoms. The molecule has 0 unspecified atom stereocenters. The Balaban J connectivity index is 2.20. The molecule has 0 atom stereocenters. The molecule has 0 aromatic heterocycles. The van der Waals surface area contributed by atoms with Crippen LogP contribution < -0.4 is 4.74 Å². The topological polar surface area (TPSA) is 26.3 Å². The zero-order valence-electron chi connectivity index (χ0n) is 13.4. The highest BCUT2D eigenvalue weighted by atomic mass is 19.4. The first-order valence-corrected chi connectivity index (χ1v) is 7.87. The molecule has 0 saturated carbocycles. The third kappa shape index (κ3) is 5.11. The maximum absolute atomic E-state index is 12.3. The number of aldehydes is 1. The third-order valence-electron chi connectivity index (χ3n) is 3.72. The number of alkyl halides is 3. The summed E-state index contributed by atoms with van der Waals surface area (Å²) in [5.74, 6) is -0.399. The Bertz CT molecular complexity index is 676. The largest absolute Gasteiger partial charge is 0.573 e. The number of hydrogen-bond acceptors (Lipinski definition) is 2. The van der Waals surface area contributed by atoms with E-state index >= 15 is 0 Å². The number of unbranched alkanes of at least 4 members (excludes halogenated alkanes) is 2. The minimum absolute atomic E-state index is 0.162. The van der Waals surface area contributed by atoms with E-state index in [2.05, 4.69) is 11.7 Å². The molecule has 0 spiro atoms. The minimum Gasteiger partial charge on any atom is -0.406 e. The van der Waals surface area contributed by atoms with Gasteiger partial charge in [-0.2, -0.15) is 0 Å². The monoisotopic (exact) mass is 336 g/mol. The first kappa shape index (κ1) is 18.0. The Labute approximate surface area is 139 Å². The minimum atomic E-state index is -4.78. The fourth-order valence-corrected chi connectivity index (χ4v) is 2.53. The molecule has 0 amide bonds. The van der Waals surface area contributed by atoms with E-state index in [0.29, 0.717) is 11.8 Å². The molecule has 0 bridgehead atoms. The second kappa shape index (κ2) is 7.99. The molecular formula is C19H19F3O2. The van der Waals surface area contributed by atoms with Crippen LogP contribution in [0.5, 0.6) is 5.75 Å². The molecule has 0 saturated heterocycles. The number of ether oxygens (including phenoxy) is 1. The average Bonchev–Trinajstić information content (AvgIpc) is 2.54. The summed E-state index contributed by atoms with van der Waals surface area (Å²) in [7, 11) is 0. The number of aryl methyl sites for hydroxylation is 1. The lowest BCUT2D eigenvalue weighted by molar-refractivity contribution is -0.274. The van der Waals surface area contributed by atoms with E-state index in [1.807, 2.05) is 24.3 Å². The Morgan fingerprint density at radius 2 is 1.75 bits per heavy atom. The first-order chi connectivity index (χ1) is 11.4. The Morgan fingerprint density at radius 1 is 1.04 bits per heavy atom. The number of carbonyl (C=O) groups is 1. The summed E-state index contributed by atoms with van der Waals surface area (Å²) in [6.45, 7) is 2.15. The van der Waals surface area contributed by atoms with Crippen molar-refractivity contribution in [3.63, 3.8) is 0 Å². The second-order valence-electron chi connectivity index (χ2n) is 5.57. The van der Waals surface area contributed by atoms with E-state index in [-0.39, 0.29) is 5.56 Å². The lowest BCUT2D eigenvalue weighted by Gasteiger charge is -2.12. The SMILES string of the molecule is CCCCCc1ccc(-c2ccc(OC(F)(F)F)cc2C=O)cc1. The van der Waals surface area contributed by atoms with Crippen molar-refractivity contribution in [2.45, 2.75) is 39.0 Å². The van der Waals surface area contributed by atoms with Crippen molar-refractivity contribution >= 4 is 6.29 Å². The quantitative estimate of drug-likeness (QED) is 0.472. The van der Waals surface area contributed by atoms with Crippen LogP contribution in [0.2, 0.25) is 0 Å². The van der Waals surface area contributed by atoms with Gasteiger partial charge in [0.15, 0.2) is 6.29 Å². The van der Waals surface area contributed by atoms with Gasteiger partial charge in [0.25, 0.3) is 0 Å².